The number of carbonyl (C=O) groups excluding carboxylic acids is 1. The molecule has 1 aromatic heterocycles. The van der Waals surface area contributed by atoms with Gasteiger partial charge in [0.05, 0.1) is 19.1 Å². The molecule has 0 aliphatic rings. The normalized spacial score (nSPS) is 10.9. The van der Waals surface area contributed by atoms with Gasteiger partial charge in [-0.2, -0.15) is 5.10 Å². The number of hydrazone groups is 1. The molecule has 0 atom stereocenters. The van der Waals surface area contributed by atoms with Gasteiger partial charge in [0.2, 0.25) is 11.1 Å². The molecule has 3 rings (SSSR count). The Bertz CT molecular complexity index is 1070. The highest BCUT2D eigenvalue weighted by Crippen LogP contribution is 2.22. The number of hydrogen-bond acceptors (Lipinski definition) is 8. The number of benzene rings is 2. The van der Waals surface area contributed by atoms with E-state index < -0.39 is 0 Å². The number of nitrogens with zero attached hydrogens (tertiary/aromatic N) is 4. The lowest BCUT2D eigenvalue weighted by Crippen LogP contribution is -2.17. The molecule has 9 nitrogen and oxygen atoms in total. The van der Waals surface area contributed by atoms with Crippen molar-refractivity contribution in [3.63, 3.8) is 0 Å². The summed E-state index contributed by atoms with van der Waals surface area (Å²) in [7, 11) is 1.59. The molecule has 0 saturated heterocycles. The van der Waals surface area contributed by atoms with Crippen molar-refractivity contribution >= 4 is 47.1 Å². The summed E-state index contributed by atoms with van der Waals surface area (Å²) >= 11 is 7.12. The molecular weight excluding hydrogens is 426 g/mol. The zero-order chi connectivity index (χ0) is 21.5. The van der Waals surface area contributed by atoms with Gasteiger partial charge in [0, 0.05) is 16.3 Å². The van der Waals surface area contributed by atoms with E-state index in [4.69, 9.17) is 22.2 Å². The second kappa shape index (κ2) is 9.99. The van der Waals surface area contributed by atoms with E-state index in [1.807, 2.05) is 37.3 Å². The molecule has 1 heterocycles. The Balaban J connectivity index is 1.56. The lowest BCUT2D eigenvalue weighted by molar-refractivity contribution is -0.113. The van der Waals surface area contributed by atoms with Crippen LogP contribution in [-0.4, -0.2) is 39.9 Å². The second-order valence-corrected chi connectivity index (χ2v) is 7.46. The van der Waals surface area contributed by atoms with Gasteiger partial charge in [-0.3, -0.25) is 4.79 Å². The van der Waals surface area contributed by atoms with Crippen LogP contribution in [0.1, 0.15) is 11.1 Å². The van der Waals surface area contributed by atoms with Gasteiger partial charge < -0.3 is 15.9 Å². The minimum Gasteiger partial charge on any atom is -0.496 e. The average Bonchev–Trinajstić information content (AvgIpc) is 3.09. The van der Waals surface area contributed by atoms with E-state index >= 15 is 0 Å². The first-order valence-corrected chi connectivity index (χ1v) is 10.2. The highest BCUT2D eigenvalue weighted by molar-refractivity contribution is 7.99. The van der Waals surface area contributed by atoms with Crippen molar-refractivity contribution in [2.45, 2.75) is 12.1 Å². The maximum absolute atomic E-state index is 12.2. The Hall–Kier alpha value is -3.24. The summed E-state index contributed by atoms with van der Waals surface area (Å²) in [6, 6.07) is 12.7. The topological polar surface area (TPSA) is 119 Å². The number of para-hydroxylation sites is 1. The molecule has 4 N–H and O–H groups in total. The van der Waals surface area contributed by atoms with Gasteiger partial charge in [-0.1, -0.05) is 41.6 Å². The van der Waals surface area contributed by atoms with Crippen LogP contribution in [0.25, 0.3) is 0 Å². The number of nitrogen functional groups attached to an aromatic ring is 1. The SMILES string of the molecule is COc1ccccc1/C=N/Nc1nnc(SCC(=O)Nc2cc(Cl)ccc2C)n1N. The Morgan fingerprint density at radius 3 is 2.93 bits per heavy atom. The minimum atomic E-state index is -0.211. The molecule has 0 fully saturated rings. The van der Waals surface area contributed by atoms with Crippen LogP contribution < -0.4 is 21.3 Å². The van der Waals surface area contributed by atoms with E-state index in [0.29, 0.717) is 21.6 Å². The number of rotatable bonds is 8. The van der Waals surface area contributed by atoms with Crippen molar-refractivity contribution < 1.29 is 9.53 Å². The second-order valence-electron chi connectivity index (χ2n) is 6.08. The monoisotopic (exact) mass is 445 g/mol. The predicted octanol–water partition coefficient (Wildman–Crippen LogP) is 3.14. The number of ether oxygens (including phenoxy) is 1. The molecule has 0 aliphatic heterocycles. The molecule has 0 unspecified atom stereocenters. The number of hydrogen-bond donors (Lipinski definition) is 3. The maximum Gasteiger partial charge on any atom is 0.264 e. The third kappa shape index (κ3) is 5.43. The van der Waals surface area contributed by atoms with E-state index in [0.717, 1.165) is 22.9 Å². The minimum absolute atomic E-state index is 0.103. The number of amides is 1. The number of nitrogens with one attached hydrogen (secondary N) is 2. The van der Waals surface area contributed by atoms with Crippen molar-refractivity contribution in [3.8, 4) is 5.75 Å². The van der Waals surface area contributed by atoms with E-state index in [1.165, 1.54) is 4.68 Å². The van der Waals surface area contributed by atoms with Crippen LogP contribution in [-0.2, 0) is 4.79 Å². The number of aromatic nitrogens is 3. The van der Waals surface area contributed by atoms with Crippen molar-refractivity contribution in [3.05, 3.63) is 58.6 Å². The number of halogens is 1. The molecule has 2 aromatic carbocycles. The summed E-state index contributed by atoms with van der Waals surface area (Å²) in [6.45, 7) is 1.89. The highest BCUT2D eigenvalue weighted by atomic mass is 35.5. The van der Waals surface area contributed by atoms with Gasteiger partial charge in [-0.05, 0) is 36.8 Å². The number of nitrogens with two attached hydrogens (primary N) is 1. The average molecular weight is 446 g/mol. The first-order chi connectivity index (χ1) is 14.5. The van der Waals surface area contributed by atoms with Crippen LogP contribution in [0.15, 0.2) is 52.7 Å². The Morgan fingerprint density at radius 2 is 2.13 bits per heavy atom. The molecule has 30 heavy (non-hydrogen) atoms. The first-order valence-electron chi connectivity index (χ1n) is 8.79. The Labute approximate surface area is 182 Å². The molecule has 0 saturated carbocycles. The molecule has 0 bridgehead atoms. The molecule has 156 valence electrons. The van der Waals surface area contributed by atoms with Crippen molar-refractivity contribution in [1.82, 2.24) is 14.9 Å². The van der Waals surface area contributed by atoms with E-state index in [2.05, 4.69) is 26.0 Å². The van der Waals surface area contributed by atoms with Crippen LogP contribution in [0.2, 0.25) is 5.02 Å². The van der Waals surface area contributed by atoms with E-state index in [9.17, 15) is 4.79 Å². The van der Waals surface area contributed by atoms with E-state index in [-0.39, 0.29) is 17.6 Å². The predicted molar refractivity (Wildman–Crippen MR) is 120 cm³/mol. The molecule has 1 amide bonds. The summed E-state index contributed by atoms with van der Waals surface area (Å²) in [4.78, 5) is 12.2. The number of thioether (sulfide) groups is 1. The summed E-state index contributed by atoms with van der Waals surface area (Å²) < 4.78 is 6.49. The van der Waals surface area contributed by atoms with Crippen LogP contribution in [0.5, 0.6) is 5.75 Å². The van der Waals surface area contributed by atoms with Crippen LogP contribution in [0.3, 0.4) is 0 Å². The summed E-state index contributed by atoms with van der Waals surface area (Å²) in [5.74, 6) is 6.79. The van der Waals surface area contributed by atoms with Gasteiger partial charge in [-0.15, -0.1) is 10.2 Å². The van der Waals surface area contributed by atoms with E-state index in [1.54, 1.807) is 25.5 Å². The van der Waals surface area contributed by atoms with Crippen molar-refractivity contribution in [2.75, 3.05) is 29.4 Å². The lowest BCUT2D eigenvalue weighted by Gasteiger charge is -2.08. The molecule has 3 aromatic rings. The summed E-state index contributed by atoms with van der Waals surface area (Å²) in [5, 5.41) is 15.7. The standard InChI is InChI=1S/C19H20ClN7O2S/c1-12-7-8-14(20)9-15(12)23-17(28)11-30-19-26-25-18(27(19)21)24-22-10-13-5-3-4-6-16(13)29-2/h3-10H,11,21H2,1-2H3,(H,23,28)(H,24,25)/b22-10+. The van der Waals surface area contributed by atoms with Crippen molar-refractivity contribution in [2.24, 2.45) is 5.10 Å². The van der Waals surface area contributed by atoms with Crippen molar-refractivity contribution in [1.29, 1.82) is 0 Å². The largest absolute Gasteiger partial charge is 0.496 e. The zero-order valence-corrected chi connectivity index (χ0v) is 17.9. The number of anilines is 2. The molecule has 0 aliphatic carbocycles. The fraction of sp³-hybridized carbons (Fsp3) is 0.158. The molecule has 0 spiro atoms. The molecule has 0 radical (unpaired) electrons. The highest BCUT2D eigenvalue weighted by Gasteiger charge is 2.13. The summed E-state index contributed by atoms with van der Waals surface area (Å²) in [5.41, 5.74) is 5.09. The zero-order valence-electron chi connectivity index (χ0n) is 16.3. The fourth-order valence-electron chi connectivity index (χ4n) is 2.43. The Morgan fingerprint density at radius 1 is 1.33 bits per heavy atom. The third-order valence-electron chi connectivity index (χ3n) is 3.98. The number of carbonyl (C=O) groups is 1. The van der Waals surface area contributed by atoms with Crippen LogP contribution >= 0.6 is 23.4 Å². The molecular formula is C19H20ClN7O2S. The van der Waals surface area contributed by atoms with Gasteiger partial charge in [0.1, 0.15) is 5.75 Å². The number of methoxy groups -OCH3 is 1. The van der Waals surface area contributed by atoms with Gasteiger partial charge in [0.15, 0.2) is 0 Å². The van der Waals surface area contributed by atoms with Gasteiger partial charge >= 0.3 is 0 Å². The van der Waals surface area contributed by atoms with Crippen LogP contribution in [0.4, 0.5) is 11.6 Å². The van der Waals surface area contributed by atoms with Gasteiger partial charge in [0.25, 0.3) is 5.95 Å². The fourth-order valence-corrected chi connectivity index (χ4v) is 3.26. The molecule has 11 heteroatoms. The maximum atomic E-state index is 12.2. The smallest absolute Gasteiger partial charge is 0.264 e. The summed E-state index contributed by atoms with van der Waals surface area (Å²) in [6.07, 6.45) is 1.58. The number of aryl methyl sites for hydroxylation is 1. The first kappa shape index (κ1) is 21.5. The lowest BCUT2D eigenvalue weighted by atomic mass is 10.2. The van der Waals surface area contributed by atoms with Gasteiger partial charge in [-0.25, -0.2) is 10.1 Å². The third-order valence-corrected chi connectivity index (χ3v) is 5.16. The van der Waals surface area contributed by atoms with Crippen LogP contribution in [0, 0.1) is 6.92 Å². The Kier molecular flexibility index (Phi) is 7.15. The quantitative estimate of drug-likeness (QED) is 0.211.